The van der Waals surface area contributed by atoms with Gasteiger partial charge >= 0.3 is 5.97 Å². The van der Waals surface area contributed by atoms with Gasteiger partial charge in [0, 0.05) is 6.08 Å². The summed E-state index contributed by atoms with van der Waals surface area (Å²) in [6.07, 6.45) is 1.98. The lowest BCUT2D eigenvalue weighted by Gasteiger charge is -2.16. The molecule has 2 rings (SSSR count). The van der Waals surface area contributed by atoms with Gasteiger partial charge in [-0.2, -0.15) is 0 Å². The van der Waals surface area contributed by atoms with Crippen LogP contribution in [0, 0.1) is 0 Å². The van der Waals surface area contributed by atoms with Crippen LogP contribution < -0.4 is 0 Å². The van der Waals surface area contributed by atoms with Crippen LogP contribution in [0.4, 0.5) is 0 Å². The molecule has 2 N–H and O–H groups in total. The Morgan fingerprint density at radius 1 is 1.53 bits per heavy atom. The molecule has 1 saturated heterocycles. The smallest absolute Gasteiger partial charge is 0.330 e. The van der Waals surface area contributed by atoms with Crippen molar-refractivity contribution < 1.29 is 24.5 Å². The van der Waals surface area contributed by atoms with Crippen molar-refractivity contribution in [1.29, 1.82) is 0 Å². The Morgan fingerprint density at radius 2 is 2.27 bits per heavy atom. The zero-order valence-corrected chi connectivity index (χ0v) is 8.16. The van der Waals surface area contributed by atoms with E-state index in [-0.39, 0.29) is 12.2 Å². The number of hydrogen-bond acceptors (Lipinski definition) is 5. The molecule has 0 saturated carbocycles. The molecule has 1 heterocycles. The lowest BCUT2D eigenvalue weighted by molar-refractivity contribution is -0.134. The molecule has 5 heteroatoms. The maximum Gasteiger partial charge on any atom is 0.330 e. The number of epoxide rings is 1. The van der Waals surface area contributed by atoms with Crippen LogP contribution >= 0.6 is 0 Å². The van der Waals surface area contributed by atoms with E-state index in [1.165, 1.54) is 25.3 Å². The molecule has 0 amide bonds. The Balaban J connectivity index is 2.08. The molecule has 0 bridgehead atoms. The summed E-state index contributed by atoms with van der Waals surface area (Å²) in [7, 11) is 1.27. The van der Waals surface area contributed by atoms with E-state index in [9.17, 15) is 15.0 Å². The fourth-order valence-electron chi connectivity index (χ4n) is 1.63. The van der Waals surface area contributed by atoms with Crippen molar-refractivity contribution in [2.75, 3.05) is 7.11 Å². The second kappa shape index (κ2) is 3.77. The Bertz CT molecular complexity index is 333. The van der Waals surface area contributed by atoms with E-state index < -0.39 is 18.2 Å². The van der Waals surface area contributed by atoms with Crippen molar-refractivity contribution in [3.63, 3.8) is 0 Å². The second-order valence-corrected chi connectivity index (χ2v) is 3.52. The number of carbonyl (C=O) groups is 1. The molecule has 5 nitrogen and oxygen atoms in total. The number of methoxy groups -OCH3 is 1. The van der Waals surface area contributed by atoms with E-state index >= 15 is 0 Å². The van der Waals surface area contributed by atoms with Crippen molar-refractivity contribution >= 4 is 5.97 Å². The predicted octanol–water partition coefficient (Wildman–Crippen LogP) is -0.855. The number of rotatable bonds is 2. The molecule has 15 heavy (non-hydrogen) atoms. The third-order valence-electron chi connectivity index (χ3n) is 2.53. The molecule has 0 aromatic heterocycles. The Morgan fingerprint density at radius 3 is 2.93 bits per heavy atom. The van der Waals surface area contributed by atoms with Crippen LogP contribution in [0.2, 0.25) is 0 Å². The van der Waals surface area contributed by atoms with Crippen LogP contribution in [0.25, 0.3) is 0 Å². The van der Waals surface area contributed by atoms with Crippen LogP contribution in [0.3, 0.4) is 0 Å². The Kier molecular flexibility index (Phi) is 2.60. The largest absolute Gasteiger partial charge is 0.466 e. The topological polar surface area (TPSA) is 79.3 Å². The summed E-state index contributed by atoms with van der Waals surface area (Å²) < 4.78 is 9.48. The summed E-state index contributed by atoms with van der Waals surface area (Å²) in [6.45, 7) is 0. The minimum atomic E-state index is -0.778. The van der Waals surface area contributed by atoms with Crippen molar-refractivity contribution in [3.05, 3.63) is 23.8 Å². The van der Waals surface area contributed by atoms with Gasteiger partial charge in [-0.05, 0) is 17.7 Å². The molecule has 1 fully saturated rings. The number of ether oxygens (including phenoxy) is 2. The van der Waals surface area contributed by atoms with Gasteiger partial charge in [-0.25, -0.2) is 4.79 Å². The predicted molar refractivity (Wildman–Crippen MR) is 49.9 cm³/mol. The molecule has 0 aromatic rings. The van der Waals surface area contributed by atoms with Gasteiger partial charge in [-0.1, -0.05) is 0 Å². The average Bonchev–Trinajstić information content (AvgIpc) is 3.01. The van der Waals surface area contributed by atoms with E-state index in [2.05, 4.69) is 4.74 Å². The standard InChI is InChI=1S/C10H12O5/c1-14-7(12)3-2-5-4-6(11)9-10(15-9)8(5)13/h2-4,6,8-11,13H,1H3/b3-2+/t6-,8+,9+,10-/m0/s1. The first-order valence-corrected chi connectivity index (χ1v) is 4.63. The fraction of sp³-hybridized carbons (Fsp3) is 0.500. The van der Waals surface area contributed by atoms with Gasteiger partial charge in [-0.15, -0.1) is 0 Å². The van der Waals surface area contributed by atoms with E-state index in [0.717, 1.165) is 0 Å². The molecule has 0 aromatic carbocycles. The van der Waals surface area contributed by atoms with Gasteiger partial charge < -0.3 is 19.7 Å². The monoisotopic (exact) mass is 212 g/mol. The lowest BCUT2D eigenvalue weighted by atomic mass is 9.94. The third-order valence-corrected chi connectivity index (χ3v) is 2.53. The highest BCUT2D eigenvalue weighted by molar-refractivity contribution is 5.82. The maximum atomic E-state index is 10.8. The average molecular weight is 212 g/mol. The molecule has 0 spiro atoms. The third kappa shape index (κ3) is 1.94. The summed E-state index contributed by atoms with van der Waals surface area (Å²) in [5.74, 6) is -0.503. The van der Waals surface area contributed by atoms with Crippen molar-refractivity contribution in [3.8, 4) is 0 Å². The summed E-state index contributed by atoms with van der Waals surface area (Å²) in [4.78, 5) is 10.8. The van der Waals surface area contributed by atoms with Gasteiger partial charge in [0.2, 0.25) is 0 Å². The first-order chi connectivity index (χ1) is 7.13. The number of aliphatic hydroxyl groups is 2. The van der Waals surface area contributed by atoms with Gasteiger partial charge in [0.05, 0.1) is 7.11 Å². The minimum absolute atomic E-state index is 0.296. The van der Waals surface area contributed by atoms with Gasteiger partial charge in [-0.3, -0.25) is 0 Å². The van der Waals surface area contributed by atoms with Crippen LogP contribution in [0.15, 0.2) is 23.8 Å². The highest BCUT2D eigenvalue weighted by atomic mass is 16.6. The summed E-state index contributed by atoms with van der Waals surface area (Å²) in [5.41, 5.74) is 0.478. The molecule has 4 atom stereocenters. The number of carbonyl (C=O) groups excluding carboxylic acids is 1. The fourth-order valence-corrected chi connectivity index (χ4v) is 1.63. The number of aliphatic hydroxyl groups excluding tert-OH is 2. The second-order valence-electron chi connectivity index (χ2n) is 3.52. The number of esters is 1. The maximum absolute atomic E-state index is 10.8. The summed E-state index contributed by atoms with van der Waals surface area (Å²) >= 11 is 0. The normalized spacial score (nSPS) is 38.5. The van der Waals surface area contributed by atoms with E-state index in [1.807, 2.05) is 0 Å². The van der Waals surface area contributed by atoms with Crippen molar-refractivity contribution in [2.45, 2.75) is 24.4 Å². The van der Waals surface area contributed by atoms with Crippen LogP contribution in [0.1, 0.15) is 0 Å². The van der Waals surface area contributed by atoms with Gasteiger partial charge in [0.1, 0.15) is 24.4 Å². The molecular formula is C10H12O5. The van der Waals surface area contributed by atoms with Crippen LogP contribution in [0.5, 0.6) is 0 Å². The van der Waals surface area contributed by atoms with Gasteiger partial charge in [0.25, 0.3) is 0 Å². The highest BCUT2D eigenvalue weighted by Crippen LogP contribution is 2.36. The van der Waals surface area contributed by atoms with Crippen molar-refractivity contribution in [1.82, 2.24) is 0 Å². The summed E-state index contributed by atoms with van der Waals surface area (Å²) in [5, 5.41) is 19.1. The van der Waals surface area contributed by atoms with Gasteiger partial charge in [0.15, 0.2) is 0 Å². The molecule has 0 unspecified atom stereocenters. The van der Waals surface area contributed by atoms with E-state index in [0.29, 0.717) is 5.57 Å². The Hall–Kier alpha value is -1.17. The molecule has 1 aliphatic heterocycles. The SMILES string of the molecule is COC(=O)/C=C/C1=C[C@H](O)[C@H]2O[C@H]2[C@@H]1O. The van der Waals surface area contributed by atoms with Crippen LogP contribution in [-0.2, 0) is 14.3 Å². The zero-order valence-electron chi connectivity index (χ0n) is 8.16. The minimum Gasteiger partial charge on any atom is -0.466 e. The molecular weight excluding hydrogens is 200 g/mol. The molecule has 1 aliphatic carbocycles. The number of fused-ring (bicyclic) bond motifs is 1. The molecule has 2 aliphatic rings. The zero-order chi connectivity index (χ0) is 11.0. The lowest BCUT2D eigenvalue weighted by Crippen LogP contribution is -2.29. The highest BCUT2D eigenvalue weighted by Gasteiger charge is 2.52. The quantitative estimate of drug-likeness (QED) is 0.354. The molecule has 82 valence electrons. The summed E-state index contributed by atoms with van der Waals surface area (Å²) in [6, 6.07) is 0. The first kappa shape index (κ1) is 10.4. The van der Waals surface area contributed by atoms with E-state index in [1.54, 1.807) is 0 Å². The van der Waals surface area contributed by atoms with Crippen molar-refractivity contribution in [2.24, 2.45) is 0 Å². The van der Waals surface area contributed by atoms with Crippen LogP contribution in [-0.4, -0.2) is 47.7 Å². The van der Waals surface area contributed by atoms with E-state index in [4.69, 9.17) is 4.74 Å². The molecule has 0 radical (unpaired) electrons. The number of hydrogen-bond donors (Lipinski definition) is 2. The Labute approximate surface area is 86.6 Å². The first-order valence-electron chi connectivity index (χ1n) is 4.63.